The molecule has 0 fully saturated rings. The molecule has 0 saturated heterocycles. The Labute approximate surface area is 136 Å². The smallest absolute Gasteiger partial charge is 0.346 e. The molecule has 0 radical (unpaired) electrons. The van der Waals surface area contributed by atoms with E-state index >= 15 is 0 Å². The number of methoxy groups -OCH3 is 1. The molecule has 0 atom stereocenters. The van der Waals surface area contributed by atoms with Crippen molar-refractivity contribution in [3.05, 3.63) is 64.1 Å². The van der Waals surface area contributed by atoms with Gasteiger partial charge in [0.1, 0.15) is 5.71 Å². The lowest BCUT2D eigenvalue weighted by Crippen LogP contribution is -2.11. The van der Waals surface area contributed by atoms with Crippen molar-refractivity contribution in [3.63, 3.8) is 0 Å². The van der Waals surface area contributed by atoms with Crippen molar-refractivity contribution in [2.75, 3.05) is 19.5 Å². The Hall–Kier alpha value is -2.34. The fourth-order valence-corrected chi connectivity index (χ4v) is 2.16. The molecule has 6 heteroatoms. The molecule has 5 nitrogen and oxygen atoms in total. The van der Waals surface area contributed by atoms with Crippen molar-refractivity contribution in [3.8, 4) is 0 Å². The van der Waals surface area contributed by atoms with Crippen LogP contribution < -0.4 is 5.73 Å². The average Bonchev–Trinajstić information content (AvgIpc) is 2.54. The van der Waals surface area contributed by atoms with Gasteiger partial charge in [-0.15, -0.1) is 0 Å². The molecule has 0 bridgehead atoms. The molecule has 2 N–H and O–H groups in total. The molecule has 0 heterocycles. The minimum absolute atomic E-state index is 0.263. The van der Waals surface area contributed by atoms with Crippen LogP contribution in [0.1, 0.15) is 11.1 Å². The highest BCUT2D eigenvalue weighted by Gasteiger charge is 2.12. The average molecular weight is 363 g/mol. The molecule has 0 aromatic heterocycles. The normalized spacial score (nSPS) is 11.1. The second kappa shape index (κ2) is 7.61. The predicted octanol–water partition coefficient (Wildman–Crippen LogP) is 2.97. The summed E-state index contributed by atoms with van der Waals surface area (Å²) >= 11 is 3.41. The summed E-state index contributed by atoms with van der Waals surface area (Å²) in [6, 6.07) is 14.9. The van der Waals surface area contributed by atoms with E-state index in [2.05, 4.69) is 25.8 Å². The number of hydrogen-bond acceptors (Lipinski definition) is 5. The van der Waals surface area contributed by atoms with Gasteiger partial charge in [-0.25, -0.2) is 4.79 Å². The molecule has 0 aliphatic carbocycles. The van der Waals surface area contributed by atoms with Crippen LogP contribution in [0.4, 0.5) is 5.69 Å². The third kappa shape index (κ3) is 4.08. The monoisotopic (exact) mass is 362 g/mol. The molecule has 0 spiro atoms. The van der Waals surface area contributed by atoms with Gasteiger partial charge in [0.05, 0.1) is 7.11 Å². The van der Waals surface area contributed by atoms with Gasteiger partial charge in [0, 0.05) is 21.3 Å². The number of nitrogens with zero attached hydrogens (tertiary/aromatic N) is 1. The van der Waals surface area contributed by atoms with E-state index in [1.807, 2.05) is 42.5 Å². The first-order chi connectivity index (χ1) is 10.6. The summed E-state index contributed by atoms with van der Waals surface area (Å²) in [5.74, 6) is -0.502. The van der Waals surface area contributed by atoms with Crippen LogP contribution in [0.25, 0.3) is 0 Å². The lowest BCUT2D eigenvalue weighted by atomic mass is 10.0. The van der Waals surface area contributed by atoms with E-state index in [0.717, 1.165) is 10.0 Å². The highest BCUT2D eigenvalue weighted by atomic mass is 79.9. The number of carbonyl (C=O) groups is 1. The fraction of sp³-hybridized carbons (Fsp3) is 0.125. The Kier molecular flexibility index (Phi) is 5.55. The van der Waals surface area contributed by atoms with Gasteiger partial charge in [-0.05, 0) is 18.2 Å². The quantitative estimate of drug-likeness (QED) is 0.384. The maximum Gasteiger partial charge on any atom is 0.346 e. The molecule has 22 heavy (non-hydrogen) atoms. The van der Waals surface area contributed by atoms with Crippen LogP contribution in [0.5, 0.6) is 0 Å². The molecular formula is C16H15BrN2O3. The highest BCUT2D eigenvalue weighted by molar-refractivity contribution is 9.10. The summed E-state index contributed by atoms with van der Waals surface area (Å²) in [6.45, 7) is -0.263. The number of halogens is 1. The van der Waals surface area contributed by atoms with E-state index in [1.165, 1.54) is 7.11 Å². The Morgan fingerprint density at radius 2 is 1.95 bits per heavy atom. The van der Waals surface area contributed by atoms with Crippen molar-refractivity contribution in [1.82, 2.24) is 0 Å². The van der Waals surface area contributed by atoms with Crippen molar-refractivity contribution < 1.29 is 14.4 Å². The van der Waals surface area contributed by atoms with Crippen molar-refractivity contribution >= 4 is 33.3 Å². The van der Waals surface area contributed by atoms with Crippen LogP contribution in [0, 0.1) is 0 Å². The van der Waals surface area contributed by atoms with Crippen LogP contribution >= 0.6 is 15.9 Å². The molecule has 114 valence electrons. The first-order valence-corrected chi connectivity index (χ1v) is 7.28. The maximum atomic E-state index is 11.1. The number of hydrogen-bond donors (Lipinski definition) is 1. The molecule has 0 unspecified atom stereocenters. The Morgan fingerprint density at radius 1 is 1.23 bits per heavy atom. The van der Waals surface area contributed by atoms with Crippen molar-refractivity contribution in [1.29, 1.82) is 0 Å². The van der Waals surface area contributed by atoms with E-state index in [1.54, 1.807) is 6.07 Å². The second-order valence-corrected chi connectivity index (χ2v) is 5.30. The minimum atomic E-state index is -0.502. The van der Waals surface area contributed by atoms with Gasteiger partial charge >= 0.3 is 5.97 Å². The van der Waals surface area contributed by atoms with E-state index in [4.69, 9.17) is 10.6 Å². The lowest BCUT2D eigenvalue weighted by molar-refractivity contribution is -0.145. The van der Waals surface area contributed by atoms with Gasteiger partial charge in [0.15, 0.2) is 0 Å². The predicted molar refractivity (Wildman–Crippen MR) is 88.6 cm³/mol. The number of esters is 1. The van der Waals surface area contributed by atoms with E-state index in [9.17, 15) is 4.79 Å². The molecule has 0 aliphatic rings. The summed E-state index contributed by atoms with van der Waals surface area (Å²) in [4.78, 5) is 16.2. The van der Waals surface area contributed by atoms with E-state index in [-0.39, 0.29) is 6.61 Å². The lowest BCUT2D eigenvalue weighted by Gasteiger charge is -2.10. The molecular weight excluding hydrogens is 348 g/mol. The zero-order chi connectivity index (χ0) is 15.9. The van der Waals surface area contributed by atoms with Gasteiger partial charge in [0.2, 0.25) is 6.61 Å². The molecule has 0 saturated carbocycles. The van der Waals surface area contributed by atoms with Crippen LogP contribution in [-0.4, -0.2) is 25.4 Å². The van der Waals surface area contributed by atoms with Gasteiger partial charge in [0.25, 0.3) is 0 Å². The van der Waals surface area contributed by atoms with E-state index < -0.39 is 5.97 Å². The van der Waals surface area contributed by atoms with Gasteiger partial charge in [-0.2, -0.15) is 0 Å². The zero-order valence-corrected chi connectivity index (χ0v) is 13.5. The molecule has 0 amide bonds. The van der Waals surface area contributed by atoms with Crippen molar-refractivity contribution in [2.24, 2.45) is 5.16 Å². The first kappa shape index (κ1) is 16.0. The summed E-state index contributed by atoms with van der Waals surface area (Å²) in [6.07, 6.45) is 0. The molecule has 0 aliphatic heterocycles. The number of rotatable bonds is 5. The third-order valence-electron chi connectivity index (χ3n) is 2.88. The molecule has 2 rings (SSSR count). The van der Waals surface area contributed by atoms with Crippen molar-refractivity contribution in [2.45, 2.75) is 0 Å². The zero-order valence-electron chi connectivity index (χ0n) is 12.0. The van der Waals surface area contributed by atoms with Crippen LogP contribution in [0.3, 0.4) is 0 Å². The summed E-state index contributed by atoms with van der Waals surface area (Å²) in [5, 5.41) is 4.07. The number of oxime groups is 1. The summed E-state index contributed by atoms with van der Waals surface area (Å²) in [7, 11) is 1.29. The minimum Gasteiger partial charge on any atom is -0.466 e. The standard InChI is InChI=1S/C16H15BrN2O3/c1-21-15(20)10-22-19-16(11-5-3-2-4-6-11)13-9-12(17)7-8-14(13)18/h2-9H,10,18H2,1H3/b19-16+. The van der Waals surface area contributed by atoms with Crippen LogP contribution in [0.2, 0.25) is 0 Å². The number of nitrogen functional groups attached to an aromatic ring is 1. The van der Waals surface area contributed by atoms with Crippen LogP contribution in [-0.2, 0) is 14.4 Å². The number of anilines is 1. The summed E-state index contributed by atoms with van der Waals surface area (Å²) in [5.41, 5.74) is 8.69. The molecule has 2 aromatic rings. The first-order valence-electron chi connectivity index (χ1n) is 6.49. The SMILES string of the molecule is COC(=O)CO/N=C(\c1ccccc1)c1cc(Br)ccc1N. The van der Waals surface area contributed by atoms with Gasteiger partial charge in [-0.3, -0.25) is 0 Å². The number of nitrogens with two attached hydrogens (primary N) is 1. The van der Waals surface area contributed by atoms with Crippen LogP contribution in [0.15, 0.2) is 58.2 Å². The highest BCUT2D eigenvalue weighted by Crippen LogP contribution is 2.22. The summed E-state index contributed by atoms with van der Waals surface area (Å²) < 4.78 is 5.39. The Bertz CT molecular complexity index is 687. The largest absolute Gasteiger partial charge is 0.466 e. The third-order valence-corrected chi connectivity index (χ3v) is 3.38. The Morgan fingerprint density at radius 3 is 2.64 bits per heavy atom. The second-order valence-electron chi connectivity index (χ2n) is 4.39. The number of carbonyl (C=O) groups excluding carboxylic acids is 1. The van der Waals surface area contributed by atoms with Gasteiger partial charge < -0.3 is 15.3 Å². The van der Waals surface area contributed by atoms with Gasteiger partial charge in [-0.1, -0.05) is 51.4 Å². The van der Waals surface area contributed by atoms with E-state index in [0.29, 0.717) is 17.0 Å². The maximum absolute atomic E-state index is 11.1. The topological polar surface area (TPSA) is 73.9 Å². The fourth-order valence-electron chi connectivity index (χ4n) is 1.80. The number of benzene rings is 2. The molecule has 2 aromatic carbocycles. The number of ether oxygens (including phenoxy) is 1. The Balaban J connectivity index is 2.39.